The van der Waals surface area contributed by atoms with Crippen LogP contribution in [0.5, 0.6) is 0 Å². The molecule has 0 saturated heterocycles. The van der Waals surface area contributed by atoms with Crippen LogP contribution in [-0.2, 0) is 18.0 Å². The van der Waals surface area contributed by atoms with E-state index in [0.29, 0.717) is 6.42 Å². The Labute approximate surface area is 94.6 Å². The fourth-order valence-corrected chi connectivity index (χ4v) is 2.91. The van der Waals surface area contributed by atoms with E-state index in [2.05, 4.69) is 8.83 Å². The van der Waals surface area contributed by atoms with Crippen molar-refractivity contribution in [1.29, 1.82) is 0 Å². The van der Waals surface area contributed by atoms with Crippen molar-refractivity contribution in [2.45, 2.75) is 45.6 Å². The third-order valence-corrected chi connectivity index (χ3v) is 4.04. The lowest BCUT2D eigenvalue weighted by atomic mass is 10.1. The molecule has 0 aliphatic rings. The molecule has 0 aliphatic carbocycles. The number of hydrogen-bond acceptors (Lipinski definition) is 4. The van der Waals surface area contributed by atoms with Crippen molar-refractivity contribution in [3.05, 3.63) is 0 Å². The molecular weight excluding hydrogens is 258 g/mol. The van der Waals surface area contributed by atoms with E-state index in [1.54, 1.807) is 6.92 Å². The second-order valence-electron chi connectivity index (χ2n) is 3.45. The number of phosphoric ester groups is 1. The van der Waals surface area contributed by atoms with E-state index in [9.17, 15) is 9.13 Å². The molecule has 0 heterocycles. The van der Waals surface area contributed by atoms with Crippen molar-refractivity contribution in [3.8, 4) is 0 Å². The van der Waals surface area contributed by atoms with Gasteiger partial charge in [-0.2, -0.15) is 4.31 Å². The lowest BCUT2D eigenvalue weighted by Gasteiger charge is -2.17. The molecule has 0 aromatic carbocycles. The van der Waals surface area contributed by atoms with Crippen LogP contribution in [0.3, 0.4) is 0 Å². The normalized spacial score (nSPS) is 18.1. The summed E-state index contributed by atoms with van der Waals surface area (Å²) in [4.78, 5) is 25.7. The zero-order valence-electron chi connectivity index (χ0n) is 9.27. The van der Waals surface area contributed by atoms with Gasteiger partial charge in [-0.1, -0.05) is 26.2 Å². The Morgan fingerprint density at radius 2 is 1.75 bits per heavy atom. The molecule has 2 atom stereocenters. The van der Waals surface area contributed by atoms with E-state index in [1.165, 1.54) is 0 Å². The van der Waals surface area contributed by atoms with E-state index >= 15 is 0 Å². The molecule has 7 nitrogen and oxygen atoms in total. The van der Waals surface area contributed by atoms with Crippen LogP contribution < -0.4 is 0 Å². The summed E-state index contributed by atoms with van der Waals surface area (Å²) < 4.78 is 29.7. The average Bonchev–Trinajstić information content (AvgIpc) is 1.98. The number of rotatable bonds is 8. The molecule has 0 amide bonds. The van der Waals surface area contributed by atoms with Gasteiger partial charge < -0.3 is 14.7 Å². The Balaban J connectivity index is 4.05. The summed E-state index contributed by atoms with van der Waals surface area (Å²) in [7, 11) is -9.70. The molecule has 0 aromatic rings. The summed E-state index contributed by atoms with van der Waals surface area (Å²) in [6, 6.07) is 0. The Morgan fingerprint density at radius 3 is 2.19 bits per heavy atom. The fraction of sp³-hybridized carbons (Fsp3) is 1.00. The van der Waals surface area contributed by atoms with E-state index in [4.69, 9.17) is 14.7 Å². The van der Waals surface area contributed by atoms with Crippen molar-refractivity contribution < 1.29 is 32.6 Å². The number of phosphoric acid groups is 2. The molecule has 0 aromatic heterocycles. The van der Waals surface area contributed by atoms with Gasteiger partial charge in [0.25, 0.3) is 0 Å². The predicted octanol–water partition coefficient (Wildman–Crippen LogP) is 2.18. The topological polar surface area (TPSA) is 113 Å². The van der Waals surface area contributed by atoms with Crippen LogP contribution >= 0.6 is 15.6 Å². The van der Waals surface area contributed by atoms with Crippen LogP contribution in [0.25, 0.3) is 0 Å². The average molecular weight is 276 g/mol. The van der Waals surface area contributed by atoms with Gasteiger partial charge in [-0.3, -0.25) is 4.52 Å². The van der Waals surface area contributed by atoms with Crippen molar-refractivity contribution in [3.63, 3.8) is 0 Å². The molecule has 9 heteroatoms. The molecule has 2 unspecified atom stereocenters. The highest BCUT2D eigenvalue weighted by Gasteiger charge is 2.33. The van der Waals surface area contributed by atoms with E-state index in [1.807, 2.05) is 6.92 Å². The van der Waals surface area contributed by atoms with Crippen LogP contribution in [0, 0.1) is 0 Å². The third kappa shape index (κ3) is 9.48. The van der Waals surface area contributed by atoms with Gasteiger partial charge in [-0.15, -0.1) is 0 Å². The van der Waals surface area contributed by atoms with E-state index in [0.717, 1.165) is 19.3 Å². The number of hydrogen-bond donors (Lipinski definition) is 3. The van der Waals surface area contributed by atoms with Gasteiger partial charge in [-0.05, 0) is 13.3 Å². The summed E-state index contributed by atoms with van der Waals surface area (Å²) in [6.07, 6.45) is 2.72. The lowest BCUT2D eigenvalue weighted by molar-refractivity contribution is 0.130. The zero-order chi connectivity index (χ0) is 12.8. The molecular formula is C7H18O7P2. The molecule has 0 aliphatic heterocycles. The molecule has 98 valence electrons. The standard InChI is InChI=1S/C7H18O7P2/c1-3-4-5-6-7(2)13-16(11,12)14-15(8,9)10/h7H,3-6H2,1-2H3,(H,11,12)(H2,8,9,10). The van der Waals surface area contributed by atoms with Gasteiger partial charge in [0.15, 0.2) is 0 Å². The molecule has 3 N–H and O–H groups in total. The molecule has 0 rings (SSSR count). The highest BCUT2D eigenvalue weighted by Crippen LogP contribution is 2.58. The molecule has 0 radical (unpaired) electrons. The van der Waals surface area contributed by atoms with Gasteiger partial charge >= 0.3 is 15.6 Å². The minimum absolute atomic E-state index is 0.531. The first-order valence-electron chi connectivity index (χ1n) is 4.94. The molecule has 0 saturated carbocycles. The largest absolute Gasteiger partial charge is 0.481 e. The molecule has 0 spiro atoms. The fourth-order valence-electron chi connectivity index (χ4n) is 1.12. The predicted molar refractivity (Wildman–Crippen MR) is 57.6 cm³/mol. The Bertz CT molecular complexity index is 286. The summed E-state index contributed by atoms with van der Waals surface area (Å²) in [6.45, 7) is 3.56. The van der Waals surface area contributed by atoms with Crippen LogP contribution in [0.15, 0.2) is 0 Å². The highest BCUT2D eigenvalue weighted by molar-refractivity contribution is 7.60. The maximum Gasteiger partial charge on any atom is 0.481 e. The minimum atomic E-state index is -5.01. The molecule has 16 heavy (non-hydrogen) atoms. The van der Waals surface area contributed by atoms with Crippen LogP contribution in [0.2, 0.25) is 0 Å². The first-order valence-corrected chi connectivity index (χ1v) is 7.97. The number of unbranched alkanes of at least 4 members (excludes halogenated alkanes) is 2. The molecule has 0 fully saturated rings. The molecule has 0 bridgehead atoms. The SMILES string of the molecule is CCCCCC(C)OP(=O)(O)OP(=O)(O)O. The van der Waals surface area contributed by atoms with Crippen LogP contribution in [0.1, 0.15) is 39.5 Å². The monoisotopic (exact) mass is 276 g/mol. The lowest BCUT2D eigenvalue weighted by Crippen LogP contribution is -2.07. The maximum absolute atomic E-state index is 11.1. The summed E-state index contributed by atoms with van der Waals surface area (Å²) in [5.74, 6) is 0. The minimum Gasteiger partial charge on any atom is -0.302 e. The quantitative estimate of drug-likeness (QED) is 0.460. The highest BCUT2D eigenvalue weighted by atomic mass is 31.3. The summed E-state index contributed by atoms with van der Waals surface area (Å²) in [5.41, 5.74) is 0. The van der Waals surface area contributed by atoms with Crippen LogP contribution in [0.4, 0.5) is 0 Å². The van der Waals surface area contributed by atoms with E-state index < -0.39 is 21.7 Å². The Kier molecular flexibility index (Phi) is 6.98. The van der Waals surface area contributed by atoms with Gasteiger partial charge in [0.05, 0.1) is 6.10 Å². The summed E-state index contributed by atoms with van der Waals surface area (Å²) in [5, 5.41) is 0. The van der Waals surface area contributed by atoms with E-state index in [-0.39, 0.29) is 0 Å². The van der Waals surface area contributed by atoms with Gasteiger partial charge in [0, 0.05) is 0 Å². The van der Waals surface area contributed by atoms with Crippen molar-refractivity contribution in [2.75, 3.05) is 0 Å². The zero-order valence-corrected chi connectivity index (χ0v) is 11.1. The first kappa shape index (κ1) is 16.3. The van der Waals surface area contributed by atoms with Crippen LogP contribution in [-0.4, -0.2) is 20.8 Å². The third-order valence-electron chi connectivity index (χ3n) is 1.74. The van der Waals surface area contributed by atoms with Crippen molar-refractivity contribution in [2.24, 2.45) is 0 Å². The smallest absolute Gasteiger partial charge is 0.302 e. The Morgan fingerprint density at radius 1 is 1.19 bits per heavy atom. The van der Waals surface area contributed by atoms with Crippen molar-refractivity contribution >= 4 is 15.6 Å². The Hall–Kier alpha value is 0.260. The van der Waals surface area contributed by atoms with Gasteiger partial charge in [-0.25, -0.2) is 9.13 Å². The second kappa shape index (κ2) is 6.87. The summed E-state index contributed by atoms with van der Waals surface area (Å²) >= 11 is 0. The van der Waals surface area contributed by atoms with Gasteiger partial charge in [0.1, 0.15) is 0 Å². The second-order valence-corrected chi connectivity index (χ2v) is 6.23. The van der Waals surface area contributed by atoms with Crippen molar-refractivity contribution in [1.82, 2.24) is 0 Å². The first-order chi connectivity index (χ1) is 7.16. The maximum atomic E-state index is 11.1. The van der Waals surface area contributed by atoms with Gasteiger partial charge in [0.2, 0.25) is 0 Å².